The summed E-state index contributed by atoms with van der Waals surface area (Å²) in [5, 5.41) is 0. The Labute approximate surface area is 102 Å². The molecule has 0 heterocycles. The Morgan fingerprint density at radius 2 is 1.85 bits per heavy atom. The number of hydrogen-bond donors (Lipinski definition) is 1. The summed E-state index contributed by atoms with van der Waals surface area (Å²) in [7, 11) is 4.28. The van der Waals surface area contributed by atoms with E-state index in [2.05, 4.69) is 32.3 Å². The predicted octanol–water partition coefficient (Wildman–Crippen LogP) is 1.02. The molecule has 0 fully saturated rings. The summed E-state index contributed by atoms with van der Waals surface area (Å²) in [5.41, 5.74) is 1.28. The Bertz CT molecular complexity index is 185. The van der Waals surface area contributed by atoms with Gasteiger partial charge >= 0.3 is 0 Å². The molecule has 1 aromatic rings. The van der Waals surface area contributed by atoms with E-state index in [0.717, 1.165) is 6.54 Å². The van der Waals surface area contributed by atoms with Crippen LogP contribution in [0.15, 0.2) is 24.3 Å². The molecule has 1 N–H and O–H groups in total. The Kier molecular flexibility index (Phi) is 14.7. The van der Waals surface area contributed by atoms with Gasteiger partial charge in [0.25, 0.3) is 0 Å². The summed E-state index contributed by atoms with van der Waals surface area (Å²) in [6.45, 7) is 1.06. The number of hydrogen-bond acceptors (Lipinski definition) is 0. The molecule has 1 nitrogen and oxygen atoms in total. The van der Waals surface area contributed by atoms with Gasteiger partial charge in [-0.15, -0.1) is 0 Å². The third-order valence-electron chi connectivity index (χ3n) is 1.32. The maximum Gasteiger partial charge on any atom is 0.103 e. The van der Waals surface area contributed by atoms with Gasteiger partial charge in [-0.1, -0.05) is 39.1 Å². The molecule has 0 atom stereocenters. The quantitative estimate of drug-likeness (QED) is 0.736. The van der Waals surface area contributed by atoms with Gasteiger partial charge in [0, 0.05) is 31.8 Å². The summed E-state index contributed by atoms with van der Waals surface area (Å²) in [6, 6.07) is 11.3. The van der Waals surface area contributed by atoms with Crippen LogP contribution in [0.3, 0.4) is 0 Å². The SMILES string of the molecule is C.C.C[NH+](C)Cc1[c]cccc1.[Bi]. The van der Waals surface area contributed by atoms with Crippen LogP contribution in [-0.2, 0) is 6.54 Å². The van der Waals surface area contributed by atoms with E-state index < -0.39 is 0 Å². The van der Waals surface area contributed by atoms with Gasteiger partial charge in [-0.2, -0.15) is 0 Å². The van der Waals surface area contributed by atoms with Crippen molar-refractivity contribution >= 4 is 26.2 Å². The van der Waals surface area contributed by atoms with Crippen molar-refractivity contribution in [2.24, 2.45) is 0 Å². The van der Waals surface area contributed by atoms with Crippen molar-refractivity contribution in [3.63, 3.8) is 0 Å². The molecule has 0 aromatic heterocycles. The largest absolute Gasteiger partial charge is 0.336 e. The number of benzene rings is 1. The molecule has 0 saturated heterocycles. The first-order chi connectivity index (χ1) is 4.79. The van der Waals surface area contributed by atoms with Crippen molar-refractivity contribution in [3.05, 3.63) is 35.9 Å². The second kappa shape index (κ2) is 10.1. The van der Waals surface area contributed by atoms with Crippen molar-refractivity contribution in [2.45, 2.75) is 21.4 Å². The fraction of sp³-hybridized carbons (Fsp3) is 0.455. The molecule has 0 aliphatic heterocycles. The van der Waals surface area contributed by atoms with E-state index in [1.54, 1.807) is 0 Å². The van der Waals surface area contributed by atoms with Gasteiger partial charge in [0.15, 0.2) is 0 Å². The molecule has 2 heteroatoms. The zero-order chi connectivity index (χ0) is 7.40. The molecule has 0 bridgehead atoms. The average molecular weight is 376 g/mol. The van der Waals surface area contributed by atoms with E-state index in [4.69, 9.17) is 0 Å². The van der Waals surface area contributed by atoms with Gasteiger partial charge in [0.1, 0.15) is 6.54 Å². The fourth-order valence-corrected chi connectivity index (χ4v) is 0.921. The van der Waals surface area contributed by atoms with Gasteiger partial charge in [0.2, 0.25) is 0 Å². The first-order valence-electron chi connectivity index (χ1n) is 3.53. The number of nitrogens with one attached hydrogen (secondary N) is 1. The number of rotatable bonds is 2. The van der Waals surface area contributed by atoms with Crippen LogP contribution in [0.2, 0.25) is 0 Å². The predicted molar refractivity (Wildman–Crippen MR) is 61.0 cm³/mol. The Morgan fingerprint density at radius 1 is 1.23 bits per heavy atom. The van der Waals surface area contributed by atoms with E-state index in [0.29, 0.717) is 0 Å². The van der Waals surface area contributed by atoms with Crippen molar-refractivity contribution in [1.82, 2.24) is 0 Å². The van der Waals surface area contributed by atoms with Gasteiger partial charge in [-0.25, -0.2) is 0 Å². The summed E-state index contributed by atoms with van der Waals surface area (Å²) in [6.07, 6.45) is 0. The van der Waals surface area contributed by atoms with Crippen LogP contribution in [0.1, 0.15) is 20.4 Å². The van der Waals surface area contributed by atoms with E-state index in [-0.39, 0.29) is 41.1 Å². The molecule has 0 spiro atoms. The molecule has 0 unspecified atom stereocenters. The van der Waals surface area contributed by atoms with E-state index in [1.807, 2.05) is 12.1 Å². The van der Waals surface area contributed by atoms with Crippen LogP contribution in [0.5, 0.6) is 0 Å². The van der Waals surface area contributed by atoms with Crippen LogP contribution >= 0.6 is 0 Å². The second-order valence-electron chi connectivity index (χ2n) is 2.77. The Morgan fingerprint density at radius 3 is 2.23 bits per heavy atom. The maximum absolute atomic E-state index is 3.18. The zero-order valence-corrected chi connectivity index (χ0v) is 10.4. The molecule has 0 amide bonds. The van der Waals surface area contributed by atoms with Gasteiger partial charge in [0.05, 0.1) is 14.1 Å². The van der Waals surface area contributed by atoms with Crippen molar-refractivity contribution < 1.29 is 4.90 Å². The Balaban J connectivity index is -0.000000333. The molecular weight excluding hydrogens is 355 g/mol. The summed E-state index contributed by atoms with van der Waals surface area (Å²) < 4.78 is 0. The average Bonchev–Trinajstić information content (AvgIpc) is 1.88. The number of quaternary nitrogens is 1. The van der Waals surface area contributed by atoms with Crippen LogP contribution in [0.4, 0.5) is 0 Å². The van der Waals surface area contributed by atoms with Crippen LogP contribution in [0, 0.1) is 6.07 Å². The van der Waals surface area contributed by atoms with E-state index in [9.17, 15) is 0 Å². The summed E-state index contributed by atoms with van der Waals surface area (Å²) in [5.74, 6) is 0. The first kappa shape index (κ1) is 18.8. The molecular formula is C11H21BiN+. The third-order valence-corrected chi connectivity index (χ3v) is 1.32. The molecule has 74 valence electrons. The van der Waals surface area contributed by atoms with Gasteiger partial charge in [-0.05, 0) is 6.07 Å². The van der Waals surface area contributed by atoms with Crippen molar-refractivity contribution in [2.75, 3.05) is 14.1 Å². The Hall–Kier alpha value is 0.0631. The van der Waals surface area contributed by atoms with Crippen LogP contribution in [-0.4, -0.2) is 40.3 Å². The topological polar surface area (TPSA) is 4.44 Å². The minimum absolute atomic E-state index is 0. The van der Waals surface area contributed by atoms with E-state index >= 15 is 0 Å². The standard InChI is InChI=1S/C9H12N.2CH4.Bi/c1-10(2)8-9-6-4-3-5-7-9;;;/h3-6H,8H2,1-2H3;2*1H4;/p+1. The summed E-state index contributed by atoms with van der Waals surface area (Å²) >= 11 is 0. The normalized spacial score (nSPS) is 7.92. The van der Waals surface area contributed by atoms with Crippen LogP contribution in [0.25, 0.3) is 0 Å². The first-order valence-corrected chi connectivity index (χ1v) is 3.53. The third kappa shape index (κ3) is 8.39. The molecule has 0 aliphatic rings. The van der Waals surface area contributed by atoms with Gasteiger partial charge in [-0.3, -0.25) is 0 Å². The maximum atomic E-state index is 3.18. The molecule has 1 aromatic carbocycles. The molecule has 1 rings (SSSR count). The van der Waals surface area contributed by atoms with E-state index in [1.165, 1.54) is 10.5 Å². The molecule has 0 aliphatic carbocycles. The fourth-order valence-electron chi connectivity index (χ4n) is 0.921. The molecule has 13 heavy (non-hydrogen) atoms. The molecule has 4 radical (unpaired) electrons. The van der Waals surface area contributed by atoms with Crippen molar-refractivity contribution in [1.29, 1.82) is 0 Å². The second-order valence-corrected chi connectivity index (χ2v) is 2.77. The summed E-state index contributed by atoms with van der Waals surface area (Å²) in [4.78, 5) is 1.43. The van der Waals surface area contributed by atoms with Gasteiger partial charge < -0.3 is 4.90 Å². The van der Waals surface area contributed by atoms with Crippen molar-refractivity contribution in [3.8, 4) is 0 Å². The van der Waals surface area contributed by atoms with Crippen LogP contribution < -0.4 is 4.90 Å². The minimum Gasteiger partial charge on any atom is -0.336 e. The minimum atomic E-state index is 0. The molecule has 0 saturated carbocycles. The smallest absolute Gasteiger partial charge is 0.103 e. The monoisotopic (exact) mass is 376 g/mol. The zero-order valence-electron chi connectivity index (χ0n) is 6.96.